The molecule has 0 heterocycles. The van der Waals surface area contributed by atoms with Crippen molar-refractivity contribution in [1.82, 2.24) is 0 Å². The summed E-state index contributed by atoms with van der Waals surface area (Å²) in [7, 11) is 0. The lowest BCUT2D eigenvalue weighted by molar-refractivity contribution is -0.117. The van der Waals surface area contributed by atoms with Crippen LogP contribution in [0.3, 0.4) is 0 Å². The van der Waals surface area contributed by atoms with E-state index in [2.05, 4.69) is 36.5 Å². The number of amides is 1. The van der Waals surface area contributed by atoms with Crippen LogP contribution in [0.4, 0.5) is 5.69 Å². The highest BCUT2D eigenvalue weighted by Gasteiger charge is 2.41. The fourth-order valence-electron chi connectivity index (χ4n) is 2.86. The highest BCUT2D eigenvalue weighted by Crippen LogP contribution is 2.43. The van der Waals surface area contributed by atoms with Crippen LogP contribution in [0.5, 0.6) is 0 Å². The Bertz CT molecular complexity index is 620. The number of nitrogens with one attached hydrogen (secondary N) is 1. The molecule has 2 aromatic carbocycles. The van der Waals surface area contributed by atoms with Gasteiger partial charge in [0.15, 0.2) is 0 Å². The van der Waals surface area contributed by atoms with Crippen molar-refractivity contribution in [2.75, 3.05) is 5.32 Å². The Morgan fingerprint density at radius 3 is 2.80 bits per heavy atom. The van der Waals surface area contributed by atoms with Gasteiger partial charge in [0.1, 0.15) is 0 Å². The van der Waals surface area contributed by atoms with Crippen LogP contribution in [0.15, 0.2) is 42.5 Å². The van der Waals surface area contributed by atoms with Crippen molar-refractivity contribution in [1.29, 1.82) is 0 Å². The van der Waals surface area contributed by atoms with Crippen molar-refractivity contribution < 1.29 is 4.79 Å². The number of carbonyl (C=O) groups excluding carboxylic acids is 1. The molecule has 2 aromatic rings. The molecular weight excluding hydrogens is 246 g/mol. The maximum absolute atomic E-state index is 12.2. The predicted octanol–water partition coefficient (Wildman–Crippen LogP) is 4.60. The average molecular weight is 267 g/mol. The van der Waals surface area contributed by atoms with Crippen LogP contribution >= 0.6 is 0 Å². The summed E-state index contributed by atoms with van der Waals surface area (Å²) in [5.41, 5.74) is 0.912. The normalized spacial score (nSPS) is 20.9. The molecule has 2 heteroatoms. The second-order valence-electron chi connectivity index (χ2n) is 5.80. The summed E-state index contributed by atoms with van der Waals surface area (Å²) >= 11 is 0. The molecule has 0 saturated heterocycles. The second-order valence-corrected chi connectivity index (χ2v) is 5.80. The van der Waals surface area contributed by atoms with E-state index in [-0.39, 0.29) is 11.8 Å². The quantitative estimate of drug-likeness (QED) is 0.842. The summed E-state index contributed by atoms with van der Waals surface area (Å²) in [6, 6.07) is 14.3. The number of rotatable bonds is 5. The molecule has 1 N–H and O–H groups in total. The summed E-state index contributed by atoms with van der Waals surface area (Å²) in [5.74, 6) is 1.06. The fraction of sp³-hybridized carbons (Fsp3) is 0.389. The van der Waals surface area contributed by atoms with E-state index < -0.39 is 0 Å². The van der Waals surface area contributed by atoms with Crippen LogP contribution in [-0.4, -0.2) is 5.91 Å². The maximum Gasteiger partial charge on any atom is 0.227 e. The monoisotopic (exact) mass is 267 g/mol. The van der Waals surface area contributed by atoms with Crippen LogP contribution in [0, 0.1) is 11.8 Å². The molecule has 0 aliphatic heterocycles. The number of carbonyl (C=O) groups is 1. The van der Waals surface area contributed by atoms with Gasteiger partial charge in [0.05, 0.1) is 0 Å². The molecule has 3 rings (SSSR count). The summed E-state index contributed by atoms with van der Waals surface area (Å²) in [6.07, 6.45) is 4.73. The van der Waals surface area contributed by atoms with E-state index in [0.717, 1.165) is 12.1 Å². The lowest BCUT2D eigenvalue weighted by atomic mass is 10.1. The first-order valence-electron chi connectivity index (χ1n) is 7.57. The summed E-state index contributed by atoms with van der Waals surface area (Å²) < 4.78 is 0. The second kappa shape index (κ2) is 5.66. The molecule has 104 valence electrons. The van der Waals surface area contributed by atoms with Gasteiger partial charge < -0.3 is 5.32 Å². The first-order chi connectivity index (χ1) is 9.78. The lowest BCUT2D eigenvalue weighted by Crippen LogP contribution is -2.14. The third kappa shape index (κ3) is 2.84. The predicted molar refractivity (Wildman–Crippen MR) is 83.7 cm³/mol. The number of hydrogen-bond donors (Lipinski definition) is 1. The standard InChI is InChI=1S/C18H21NO/c1-2-3-6-15-12-17(15)18(20)19-16-10-9-13-7-4-5-8-14(13)11-16/h4-5,7-11,15,17H,2-3,6,12H2,1H3,(H,19,20)/t15-,17+/m0/s1. The number of hydrogen-bond acceptors (Lipinski definition) is 1. The highest BCUT2D eigenvalue weighted by molar-refractivity contribution is 5.96. The number of anilines is 1. The zero-order valence-electron chi connectivity index (χ0n) is 11.9. The van der Waals surface area contributed by atoms with E-state index in [1.807, 2.05) is 18.2 Å². The third-order valence-corrected chi connectivity index (χ3v) is 4.20. The number of unbranched alkanes of at least 4 members (excludes halogenated alkanes) is 1. The molecule has 1 aliphatic rings. The molecule has 2 atom stereocenters. The van der Waals surface area contributed by atoms with Gasteiger partial charge in [-0.1, -0.05) is 50.1 Å². The molecule has 0 bridgehead atoms. The fourth-order valence-corrected chi connectivity index (χ4v) is 2.86. The summed E-state index contributed by atoms with van der Waals surface area (Å²) in [4.78, 5) is 12.2. The van der Waals surface area contributed by atoms with Gasteiger partial charge in [-0.3, -0.25) is 4.79 Å². The Hall–Kier alpha value is -1.83. The van der Waals surface area contributed by atoms with Gasteiger partial charge in [0.25, 0.3) is 0 Å². The molecule has 20 heavy (non-hydrogen) atoms. The van der Waals surface area contributed by atoms with Crippen LogP contribution < -0.4 is 5.32 Å². The lowest BCUT2D eigenvalue weighted by Gasteiger charge is -2.06. The number of benzene rings is 2. The Morgan fingerprint density at radius 1 is 1.20 bits per heavy atom. The molecule has 1 saturated carbocycles. The van der Waals surface area contributed by atoms with Crippen LogP contribution in [0.25, 0.3) is 10.8 Å². The molecular formula is C18H21NO. The minimum Gasteiger partial charge on any atom is -0.326 e. The minimum absolute atomic E-state index is 0.196. The van der Waals surface area contributed by atoms with E-state index in [4.69, 9.17) is 0 Å². The van der Waals surface area contributed by atoms with E-state index in [1.54, 1.807) is 0 Å². The molecule has 0 spiro atoms. The molecule has 1 aliphatic carbocycles. The highest BCUT2D eigenvalue weighted by atomic mass is 16.2. The van der Waals surface area contributed by atoms with Crippen LogP contribution in [-0.2, 0) is 4.79 Å². The SMILES string of the molecule is CCCC[C@H]1C[C@H]1C(=O)Nc1ccc2ccccc2c1. The number of fused-ring (bicyclic) bond motifs is 1. The zero-order chi connectivity index (χ0) is 13.9. The Morgan fingerprint density at radius 2 is 2.00 bits per heavy atom. The maximum atomic E-state index is 12.2. The summed E-state index contributed by atoms with van der Waals surface area (Å²) in [5, 5.41) is 5.44. The van der Waals surface area contributed by atoms with Gasteiger partial charge in [-0.15, -0.1) is 0 Å². The van der Waals surface area contributed by atoms with Gasteiger partial charge in [-0.25, -0.2) is 0 Å². The molecule has 1 amide bonds. The van der Waals surface area contributed by atoms with Crippen molar-refractivity contribution in [3.05, 3.63) is 42.5 Å². The largest absolute Gasteiger partial charge is 0.326 e. The van der Waals surface area contributed by atoms with Crippen molar-refractivity contribution >= 4 is 22.4 Å². The summed E-state index contributed by atoms with van der Waals surface area (Å²) in [6.45, 7) is 2.20. The van der Waals surface area contributed by atoms with E-state index in [9.17, 15) is 4.79 Å². The Kier molecular flexibility index (Phi) is 3.72. The minimum atomic E-state index is 0.196. The first kappa shape index (κ1) is 13.2. The Labute approximate surface area is 120 Å². The van der Waals surface area contributed by atoms with E-state index >= 15 is 0 Å². The third-order valence-electron chi connectivity index (χ3n) is 4.20. The van der Waals surface area contributed by atoms with Gasteiger partial charge >= 0.3 is 0 Å². The average Bonchev–Trinajstić information content (AvgIpc) is 3.24. The molecule has 1 fully saturated rings. The van der Waals surface area contributed by atoms with E-state index in [1.165, 1.54) is 30.0 Å². The molecule has 0 aromatic heterocycles. The van der Waals surface area contributed by atoms with Crippen molar-refractivity contribution in [3.63, 3.8) is 0 Å². The van der Waals surface area contributed by atoms with Crippen molar-refractivity contribution in [2.24, 2.45) is 11.8 Å². The van der Waals surface area contributed by atoms with Crippen LogP contribution in [0.2, 0.25) is 0 Å². The van der Waals surface area contributed by atoms with Gasteiger partial charge in [0.2, 0.25) is 5.91 Å². The zero-order valence-corrected chi connectivity index (χ0v) is 11.9. The Balaban J connectivity index is 1.63. The molecule has 0 unspecified atom stereocenters. The smallest absolute Gasteiger partial charge is 0.227 e. The van der Waals surface area contributed by atoms with Crippen molar-refractivity contribution in [3.8, 4) is 0 Å². The van der Waals surface area contributed by atoms with Crippen molar-refractivity contribution in [2.45, 2.75) is 32.6 Å². The topological polar surface area (TPSA) is 29.1 Å². The molecule has 2 nitrogen and oxygen atoms in total. The van der Waals surface area contributed by atoms with Gasteiger partial charge in [-0.2, -0.15) is 0 Å². The van der Waals surface area contributed by atoms with Gasteiger partial charge in [-0.05, 0) is 41.7 Å². The molecule has 0 radical (unpaired) electrons. The first-order valence-corrected chi connectivity index (χ1v) is 7.57. The van der Waals surface area contributed by atoms with E-state index in [0.29, 0.717) is 5.92 Å². The van der Waals surface area contributed by atoms with Crippen LogP contribution in [0.1, 0.15) is 32.6 Å². The van der Waals surface area contributed by atoms with Gasteiger partial charge in [0, 0.05) is 11.6 Å².